The van der Waals surface area contributed by atoms with Gasteiger partial charge in [-0.15, -0.1) is 0 Å². The number of fused-ring (bicyclic) bond motifs is 1. The van der Waals surface area contributed by atoms with Crippen molar-refractivity contribution in [1.82, 2.24) is 0 Å². The molecule has 0 N–H and O–H groups in total. The molecule has 1 heterocycles. The van der Waals surface area contributed by atoms with Gasteiger partial charge in [-0.25, -0.2) is 4.79 Å². The molecule has 0 aliphatic carbocycles. The third-order valence-electron chi connectivity index (χ3n) is 4.80. The van der Waals surface area contributed by atoms with E-state index in [9.17, 15) is 4.79 Å². The lowest BCUT2D eigenvalue weighted by molar-refractivity contribution is -0.130. The van der Waals surface area contributed by atoms with E-state index in [2.05, 4.69) is 0 Å². The van der Waals surface area contributed by atoms with Gasteiger partial charge in [0.05, 0.1) is 26.9 Å². The molecule has 0 spiro atoms. The van der Waals surface area contributed by atoms with Crippen LogP contribution in [-0.2, 0) is 9.53 Å². The molecular weight excluding hydrogens is 368 g/mol. The Morgan fingerprint density at radius 3 is 2.41 bits per heavy atom. The van der Waals surface area contributed by atoms with Crippen LogP contribution in [0.5, 0.6) is 17.2 Å². The van der Waals surface area contributed by atoms with Crippen molar-refractivity contribution in [3.8, 4) is 17.2 Å². The van der Waals surface area contributed by atoms with Gasteiger partial charge in [-0.2, -0.15) is 0 Å². The van der Waals surface area contributed by atoms with Crippen molar-refractivity contribution in [3.05, 3.63) is 77.4 Å². The van der Waals surface area contributed by atoms with E-state index in [0.29, 0.717) is 22.8 Å². The Labute approximate surface area is 168 Å². The van der Waals surface area contributed by atoms with Crippen molar-refractivity contribution in [3.63, 3.8) is 0 Å². The van der Waals surface area contributed by atoms with Crippen LogP contribution >= 0.6 is 0 Å². The Balaban J connectivity index is 1.71. The molecule has 0 atom stereocenters. The number of carbonyl (C=O) groups excluding carboxylic acids is 1. The van der Waals surface area contributed by atoms with E-state index < -0.39 is 5.97 Å². The topological polar surface area (TPSA) is 54.0 Å². The maximum Gasteiger partial charge on any atom is 0.343 e. The molecule has 0 unspecified atom stereocenters. The number of hydrogen-bond acceptors (Lipinski definition) is 5. The Morgan fingerprint density at radius 1 is 0.862 bits per heavy atom. The number of hydrogen-bond donors (Lipinski definition) is 0. The Bertz CT molecular complexity index is 1160. The van der Waals surface area contributed by atoms with E-state index in [1.165, 1.54) is 0 Å². The van der Waals surface area contributed by atoms with Crippen LogP contribution in [0.1, 0.15) is 11.1 Å². The van der Waals surface area contributed by atoms with E-state index >= 15 is 0 Å². The number of methoxy groups -OCH3 is 3. The number of carbonyl (C=O) groups is 1. The maximum atomic E-state index is 12.4. The van der Waals surface area contributed by atoms with Gasteiger partial charge in [0.1, 0.15) is 11.5 Å². The molecular formula is C24H20O5. The first-order valence-corrected chi connectivity index (χ1v) is 9.07. The summed E-state index contributed by atoms with van der Waals surface area (Å²) in [6.07, 6.45) is 3.48. The predicted molar refractivity (Wildman–Crippen MR) is 112 cm³/mol. The average Bonchev–Trinajstić information content (AvgIpc) is 3.12. The molecule has 5 nitrogen and oxygen atoms in total. The molecule has 0 saturated heterocycles. The first-order valence-electron chi connectivity index (χ1n) is 9.07. The predicted octanol–water partition coefficient (Wildman–Crippen LogP) is 4.85. The highest BCUT2D eigenvalue weighted by molar-refractivity contribution is 6.05. The first-order chi connectivity index (χ1) is 14.1. The molecule has 0 saturated carbocycles. The van der Waals surface area contributed by atoms with Crippen molar-refractivity contribution in [2.24, 2.45) is 0 Å². The molecule has 0 aromatic heterocycles. The van der Waals surface area contributed by atoms with Crippen LogP contribution in [-0.4, -0.2) is 27.3 Å². The fourth-order valence-corrected chi connectivity index (χ4v) is 3.33. The summed E-state index contributed by atoms with van der Waals surface area (Å²) in [5.74, 6) is 2.08. The minimum Gasteiger partial charge on any atom is -0.497 e. The number of ether oxygens (including phenoxy) is 4. The molecule has 4 rings (SSSR count). The van der Waals surface area contributed by atoms with Crippen LogP contribution in [0.25, 0.3) is 22.6 Å². The molecule has 3 aromatic carbocycles. The van der Waals surface area contributed by atoms with Gasteiger partial charge in [0, 0.05) is 11.1 Å². The Hall–Kier alpha value is -3.73. The highest BCUT2D eigenvalue weighted by atomic mass is 16.5. The lowest BCUT2D eigenvalue weighted by Crippen LogP contribution is -1.98. The van der Waals surface area contributed by atoms with E-state index in [1.54, 1.807) is 39.5 Å². The highest BCUT2D eigenvalue weighted by Crippen LogP contribution is 2.35. The average molecular weight is 388 g/mol. The zero-order valence-electron chi connectivity index (χ0n) is 16.4. The smallest absolute Gasteiger partial charge is 0.343 e. The minimum absolute atomic E-state index is 0.403. The second-order valence-corrected chi connectivity index (χ2v) is 6.51. The molecule has 0 amide bonds. The largest absolute Gasteiger partial charge is 0.497 e. The maximum absolute atomic E-state index is 12.4. The van der Waals surface area contributed by atoms with E-state index in [1.807, 2.05) is 48.5 Å². The molecule has 0 bridgehead atoms. The summed E-state index contributed by atoms with van der Waals surface area (Å²) in [7, 11) is 4.79. The summed E-state index contributed by atoms with van der Waals surface area (Å²) >= 11 is 0. The van der Waals surface area contributed by atoms with Gasteiger partial charge < -0.3 is 18.9 Å². The van der Waals surface area contributed by atoms with Gasteiger partial charge in [0.2, 0.25) is 0 Å². The minimum atomic E-state index is -0.403. The quantitative estimate of drug-likeness (QED) is 0.462. The van der Waals surface area contributed by atoms with Crippen molar-refractivity contribution in [2.45, 2.75) is 0 Å². The third-order valence-corrected chi connectivity index (χ3v) is 4.80. The number of para-hydroxylation sites is 1. The molecule has 146 valence electrons. The zero-order valence-corrected chi connectivity index (χ0v) is 16.4. The second kappa shape index (κ2) is 7.72. The molecule has 0 fully saturated rings. The van der Waals surface area contributed by atoms with Crippen LogP contribution in [0, 0.1) is 0 Å². The number of cyclic esters (lactones) is 1. The SMILES string of the molecule is COc1ccc2cc(C3=C/C(=C/c4cccc(OC)c4OC)C(=O)O3)ccc2c1. The summed E-state index contributed by atoms with van der Waals surface area (Å²) in [4.78, 5) is 12.4. The lowest BCUT2D eigenvalue weighted by Gasteiger charge is -2.10. The van der Waals surface area contributed by atoms with Crippen LogP contribution in [0.2, 0.25) is 0 Å². The van der Waals surface area contributed by atoms with Gasteiger partial charge in [-0.1, -0.05) is 30.3 Å². The van der Waals surface area contributed by atoms with E-state index in [-0.39, 0.29) is 0 Å². The molecule has 0 radical (unpaired) electrons. The molecule has 5 heteroatoms. The van der Waals surface area contributed by atoms with E-state index in [4.69, 9.17) is 18.9 Å². The molecule has 1 aliphatic heterocycles. The number of benzene rings is 3. The highest BCUT2D eigenvalue weighted by Gasteiger charge is 2.23. The van der Waals surface area contributed by atoms with Crippen LogP contribution < -0.4 is 14.2 Å². The third kappa shape index (κ3) is 3.55. The molecule has 3 aromatic rings. The summed E-state index contributed by atoms with van der Waals surface area (Å²) in [6.45, 7) is 0. The monoisotopic (exact) mass is 388 g/mol. The molecule has 1 aliphatic rings. The zero-order chi connectivity index (χ0) is 20.4. The van der Waals surface area contributed by atoms with Gasteiger partial charge in [0.25, 0.3) is 0 Å². The van der Waals surface area contributed by atoms with Crippen molar-refractivity contribution in [2.75, 3.05) is 21.3 Å². The van der Waals surface area contributed by atoms with Crippen molar-refractivity contribution in [1.29, 1.82) is 0 Å². The fourth-order valence-electron chi connectivity index (χ4n) is 3.33. The Kier molecular flexibility index (Phi) is 4.96. The summed E-state index contributed by atoms with van der Waals surface area (Å²) in [5, 5.41) is 2.09. The van der Waals surface area contributed by atoms with Crippen LogP contribution in [0.4, 0.5) is 0 Å². The summed E-state index contributed by atoms with van der Waals surface area (Å²) in [5.41, 5.74) is 2.01. The first kappa shape index (κ1) is 18.6. The van der Waals surface area contributed by atoms with E-state index in [0.717, 1.165) is 27.6 Å². The number of esters is 1. The van der Waals surface area contributed by atoms with Gasteiger partial charge >= 0.3 is 5.97 Å². The van der Waals surface area contributed by atoms with Crippen molar-refractivity contribution >= 4 is 28.6 Å². The normalized spacial score (nSPS) is 14.7. The van der Waals surface area contributed by atoms with Gasteiger partial charge in [-0.3, -0.25) is 0 Å². The Morgan fingerprint density at radius 2 is 1.66 bits per heavy atom. The standard InChI is InChI=1S/C24H20O5/c1-26-20-10-9-15-11-17(8-7-16(15)13-20)22-14-19(24(25)29-22)12-18-5-4-6-21(27-2)23(18)28-3/h4-14H,1-3H3/b19-12-. The van der Waals surface area contributed by atoms with Crippen molar-refractivity contribution < 1.29 is 23.7 Å². The lowest BCUT2D eigenvalue weighted by atomic mass is 10.0. The van der Waals surface area contributed by atoms with Gasteiger partial charge in [0.15, 0.2) is 11.5 Å². The fraction of sp³-hybridized carbons (Fsp3) is 0.125. The number of rotatable bonds is 5. The van der Waals surface area contributed by atoms with Gasteiger partial charge in [-0.05, 0) is 47.2 Å². The molecule has 29 heavy (non-hydrogen) atoms. The second-order valence-electron chi connectivity index (χ2n) is 6.51. The summed E-state index contributed by atoms with van der Waals surface area (Å²) in [6, 6.07) is 17.3. The van der Waals surface area contributed by atoms with Crippen LogP contribution in [0.3, 0.4) is 0 Å². The summed E-state index contributed by atoms with van der Waals surface area (Å²) < 4.78 is 21.5. The van der Waals surface area contributed by atoms with Crippen LogP contribution in [0.15, 0.2) is 66.2 Å².